The van der Waals surface area contributed by atoms with E-state index >= 15 is 0 Å². The minimum atomic E-state index is -0.613. The normalized spacial score (nSPS) is 14.1. The third kappa shape index (κ3) is 5.88. The van der Waals surface area contributed by atoms with Crippen LogP contribution in [0.5, 0.6) is 11.5 Å². The number of aliphatic imine (C=N–C) groups is 1. The van der Waals surface area contributed by atoms with Crippen molar-refractivity contribution in [2.45, 2.75) is 12.6 Å². The van der Waals surface area contributed by atoms with Crippen molar-refractivity contribution in [3.05, 3.63) is 58.6 Å². The lowest BCUT2D eigenvalue weighted by molar-refractivity contribution is 0.171. The van der Waals surface area contributed by atoms with E-state index in [0.717, 1.165) is 11.1 Å². The van der Waals surface area contributed by atoms with Gasteiger partial charge in [-0.2, -0.15) is 0 Å². The summed E-state index contributed by atoms with van der Waals surface area (Å²) < 4.78 is 11.1. The predicted octanol–water partition coefficient (Wildman–Crippen LogP) is 3.13. The van der Waals surface area contributed by atoms with Crippen LogP contribution in [0.4, 0.5) is 0 Å². The molecule has 1 atom stereocenters. The molecule has 2 aromatic rings. The molecule has 0 saturated carbocycles. The third-order valence-corrected chi connectivity index (χ3v) is 4.27. The Labute approximate surface area is 181 Å². The Morgan fingerprint density at radius 2 is 1.93 bits per heavy atom. The van der Waals surface area contributed by atoms with Gasteiger partial charge in [0.2, 0.25) is 0 Å². The fourth-order valence-corrected chi connectivity index (χ4v) is 2.95. The van der Waals surface area contributed by atoms with E-state index in [-0.39, 0.29) is 24.0 Å². The van der Waals surface area contributed by atoms with E-state index in [4.69, 9.17) is 21.1 Å². The molecule has 27 heavy (non-hydrogen) atoms. The zero-order valence-electron chi connectivity index (χ0n) is 14.9. The maximum atomic E-state index is 10.2. The number of rotatable bonds is 5. The van der Waals surface area contributed by atoms with E-state index < -0.39 is 6.10 Å². The van der Waals surface area contributed by atoms with E-state index in [9.17, 15) is 5.11 Å². The highest BCUT2D eigenvalue weighted by Gasteiger charge is 2.16. The first-order valence-electron chi connectivity index (χ1n) is 8.43. The molecule has 6 nitrogen and oxygen atoms in total. The third-order valence-electron chi connectivity index (χ3n) is 3.99. The minimum absolute atomic E-state index is 0. The molecule has 0 amide bonds. The van der Waals surface area contributed by atoms with Gasteiger partial charge in [-0.3, -0.25) is 4.99 Å². The van der Waals surface area contributed by atoms with Gasteiger partial charge < -0.3 is 25.2 Å². The molecule has 3 rings (SSSR count). The molecule has 0 radical (unpaired) electrons. The second-order valence-corrected chi connectivity index (χ2v) is 6.24. The summed E-state index contributed by atoms with van der Waals surface area (Å²) in [5.41, 5.74) is 1.81. The van der Waals surface area contributed by atoms with Crippen LogP contribution in [-0.2, 0) is 6.54 Å². The molecule has 3 N–H and O–H groups in total. The lowest BCUT2D eigenvalue weighted by Crippen LogP contribution is -2.39. The quantitative estimate of drug-likeness (QED) is 0.332. The Kier molecular flexibility index (Phi) is 8.46. The van der Waals surface area contributed by atoms with Crippen LogP contribution < -0.4 is 20.1 Å². The van der Waals surface area contributed by atoms with Crippen LogP contribution in [0, 0.1) is 0 Å². The van der Waals surface area contributed by atoms with E-state index in [1.807, 2.05) is 42.5 Å². The lowest BCUT2D eigenvalue weighted by atomic mass is 10.1. The lowest BCUT2D eigenvalue weighted by Gasteiger charge is -2.21. The first-order valence-corrected chi connectivity index (χ1v) is 8.80. The fraction of sp³-hybridized carbons (Fsp3) is 0.316. The van der Waals surface area contributed by atoms with Gasteiger partial charge in [-0.25, -0.2) is 0 Å². The van der Waals surface area contributed by atoms with Gasteiger partial charge in [-0.05, 0) is 23.3 Å². The van der Waals surface area contributed by atoms with Crippen LogP contribution in [0.2, 0.25) is 5.02 Å². The Hall–Kier alpha value is -1.71. The molecule has 1 unspecified atom stereocenters. The van der Waals surface area contributed by atoms with Crippen LogP contribution >= 0.6 is 35.6 Å². The highest BCUT2D eigenvalue weighted by atomic mass is 127. The molecule has 1 aliphatic heterocycles. The van der Waals surface area contributed by atoms with Crippen molar-refractivity contribution in [2.24, 2.45) is 4.99 Å². The number of hydrogen-bond acceptors (Lipinski definition) is 4. The molecule has 0 aliphatic carbocycles. The molecular weight excluding hydrogens is 481 g/mol. The Bertz CT molecular complexity index is 774. The van der Waals surface area contributed by atoms with E-state index in [2.05, 4.69) is 15.6 Å². The van der Waals surface area contributed by atoms with Crippen molar-refractivity contribution in [3.63, 3.8) is 0 Å². The maximum Gasteiger partial charge on any atom is 0.191 e. The molecule has 0 saturated heterocycles. The highest BCUT2D eigenvalue weighted by Crippen LogP contribution is 2.38. The van der Waals surface area contributed by atoms with E-state index in [0.29, 0.717) is 48.8 Å². The van der Waals surface area contributed by atoms with Gasteiger partial charge in [-0.15, -0.1) is 24.0 Å². The number of benzene rings is 2. The van der Waals surface area contributed by atoms with Crippen molar-refractivity contribution in [3.8, 4) is 11.5 Å². The fourth-order valence-electron chi connectivity index (χ4n) is 2.66. The standard InChI is InChI=1S/C19H22ClN3O3.HI/c1-21-19(23-12-16(24)14-5-3-2-4-6-14)22-11-13-9-15(20)18-17(10-13)25-7-8-26-18;/h2-6,9-10,16,24H,7-8,11-12H2,1H3,(H2,21,22,23);1H. The van der Waals surface area contributed by atoms with Crippen LogP contribution in [0.3, 0.4) is 0 Å². The first kappa shape index (κ1) is 21.6. The molecule has 1 aliphatic rings. The first-order chi connectivity index (χ1) is 12.7. The number of fused-ring (bicyclic) bond motifs is 1. The molecule has 2 aromatic carbocycles. The Balaban J connectivity index is 0.00000261. The predicted molar refractivity (Wildman–Crippen MR) is 117 cm³/mol. The SMILES string of the molecule is CN=C(NCc1cc(Cl)c2c(c1)OCCO2)NCC(O)c1ccccc1.I. The number of hydrogen-bond donors (Lipinski definition) is 3. The second-order valence-electron chi connectivity index (χ2n) is 5.83. The topological polar surface area (TPSA) is 75.1 Å². The summed E-state index contributed by atoms with van der Waals surface area (Å²) in [7, 11) is 1.68. The summed E-state index contributed by atoms with van der Waals surface area (Å²) in [4.78, 5) is 4.17. The summed E-state index contributed by atoms with van der Waals surface area (Å²) >= 11 is 6.26. The zero-order valence-corrected chi connectivity index (χ0v) is 18.0. The van der Waals surface area contributed by atoms with Gasteiger partial charge in [0.1, 0.15) is 13.2 Å². The smallest absolute Gasteiger partial charge is 0.191 e. The maximum absolute atomic E-state index is 10.2. The second kappa shape index (κ2) is 10.6. The molecule has 0 fully saturated rings. The van der Waals surface area contributed by atoms with Gasteiger partial charge in [-0.1, -0.05) is 41.9 Å². The minimum Gasteiger partial charge on any atom is -0.486 e. The molecule has 146 valence electrons. The van der Waals surface area contributed by atoms with Crippen LogP contribution in [0.15, 0.2) is 47.5 Å². The molecule has 1 heterocycles. The molecule has 0 spiro atoms. The monoisotopic (exact) mass is 503 g/mol. The van der Waals surface area contributed by atoms with E-state index in [1.165, 1.54) is 0 Å². The van der Waals surface area contributed by atoms with Crippen molar-refractivity contribution >= 4 is 41.5 Å². The van der Waals surface area contributed by atoms with Gasteiger partial charge in [0, 0.05) is 20.1 Å². The van der Waals surface area contributed by atoms with Crippen molar-refractivity contribution in [1.82, 2.24) is 10.6 Å². The molecule has 8 heteroatoms. The van der Waals surface area contributed by atoms with Gasteiger partial charge in [0.05, 0.1) is 11.1 Å². The molecular formula is C19H23ClIN3O3. The van der Waals surface area contributed by atoms with Gasteiger partial charge >= 0.3 is 0 Å². The molecule has 0 bridgehead atoms. The average molecular weight is 504 g/mol. The average Bonchev–Trinajstić information content (AvgIpc) is 2.68. The Morgan fingerprint density at radius 3 is 2.67 bits per heavy atom. The number of aliphatic hydroxyl groups is 1. The summed E-state index contributed by atoms with van der Waals surface area (Å²) in [5.74, 6) is 1.84. The number of nitrogens with one attached hydrogen (secondary N) is 2. The number of nitrogens with zero attached hydrogens (tertiary/aromatic N) is 1. The molecule has 0 aromatic heterocycles. The van der Waals surface area contributed by atoms with Crippen molar-refractivity contribution < 1.29 is 14.6 Å². The number of halogens is 2. The number of aliphatic hydroxyl groups excluding tert-OH is 1. The van der Waals surface area contributed by atoms with Gasteiger partial charge in [0.15, 0.2) is 17.5 Å². The van der Waals surface area contributed by atoms with Gasteiger partial charge in [0.25, 0.3) is 0 Å². The van der Waals surface area contributed by atoms with Crippen LogP contribution in [0.1, 0.15) is 17.2 Å². The summed E-state index contributed by atoms with van der Waals surface area (Å²) in [6.45, 7) is 1.88. The summed E-state index contributed by atoms with van der Waals surface area (Å²) in [5, 5.41) is 17.1. The summed E-state index contributed by atoms with van der Waals surface area (Å²) in [6, 6.07) is 13.2. The number of guanidine groups is 1. The zero-order chi connectivity index (χ0) is 18.4. The van der Waals surface area contributed by atoms with Crippen LogP contribution in [-0.4, -0.2) is 37.9 Å². The van der Waals surface area contributed by atoms with Crippen LogP contribution in [0.25, 0.3) is 0 Å². The highest BCUT2D eigenvalue weighted by molar-refractivity contribution is 14.0. The van der Waals surface area contributed by atoms with E-state index in [1.54, 1.807) is 7.05 Å². The largest absolute Gasteiger partial charge is 0.486 e. The number of ether oxygens (including phenoxy) is 2. The van der Waals surface area contributed by atoms with Crippen molar-refractivity contribution in [1.29, 1.82) is 0 Å². The summed E-state index contributed by atoms with van der Waals surface area (Å²) in [6.07, 6.45) is -0.613. The Morgan fingerprint density at radius 1 is 1.19 bits per heavy atom. The van der Waals surface area contributed by atoms with Crippen molar-refractivity contribution in [2.75, 3.05) is 26.8 Å².